The summed E-state index contributed by atoms with van der Waals surface area (Å²) in [6.45, 7) is 0.163. The van der Waals surface area contributed by atoms with Crippen LogP contribution in [-0.2, 0) is 22.6 Å². The van der Waals surface area contributed by atoms with Gasteiger partial charge in [0, 0.05) is 12.1 Å². The van der Waals surface area contributed by atoms with E-state index in [2.05, 4.69) is 0 Å². The number of halogens is 1. The van der Waals surface area contributed by atoms with Gasteiger partial charge in [-0.3, -0.25) is 4.79 Å². The average molecular weight is 273 g/mol. The van der Waals surface area contributed by atoms with Crippen molar-refractivity contribution in [2.75, 3.05) is 5.73 Å². The predicted octanol–water partition coefficient (Wildman–Crippen LogP) is 3.08. The van der Waals surface area contributed by atoms with E-state index in [1.807, 2.05) is 18.2 Å². The van der Waals surface area contributed by atoms with Crippen molar-refractivity contribution in [3.8, 4) is 0 Å². The van der Waals surface area contributed by atoms with Crippen molar-refractivity contribution in [1.82, 2.24) is 0 Å². The number of hydrogen-bond acceptors (Lipinski definition) is 3. The lowest BCUT2D eigenvalue weighted by molar-refractivity contribution is -0.144. The number of rotatable bonds is 5. The molecule has 2 N–H and O–H groups in total. The maximum absolute atomic E-state index is 12.7. The van der Waals surface area contributed by atoms with Crippen LogP contribution in [0.5, 0.6) is 0 Å². The van der Waals surface area contributed by atoms with Crippen molar-refractivity contribution in [2.24, 2.45) is 0 Å². The molecule has 0 unspecified atom stereocenters. The largest absolute Gasteiger partial charge is 0.461 e. The zero-order chi connectivity index (χ0) is 14.4. The third kappa shape index (κ3) is 4.39. The highest BCUT2D eigenvalue weighted by Gasteiger charge is 2.05. The molecule has 0 saturated heterocycles. The van der Waals surface area contributed by atoms with Crippen molar-refractivity contribution in [2.45, 2.75) is 19.4 Å². The molecule has 0 amide bonds. The van der Waals surface area contributed by atoms with Gasteiger partial charge in [0.05, 0.1) is 0 Å². The smallest absolute Gasteiger partial charge is 0.306 e. The minimum Gasteiger partial charge on any atom is -0.461 e. The molecular weight excluding hydrogens is 257 g/mol. The van der Waals surface area contributed by atoms with E-state index in [4.69, 9.17) is 10.5 Å². The SMILES string of the molecule is Nc1cccc(CCC(=O)OCc2ccc(F)cc2)c1. The van der Waals surface area contributed by atoms with Gasteiger partial charge in [-0.2, -0.15) is 0 Å². The summed E-state index contributed by atoms with van der Waals surface area (Å²) in [6, 6.07) is 13.3. The minimum atomic E-state index is -0.304. The van der Waals surface area contributed by atoms with Crippen molar-refractivity contribution in [3.63, 3.8) is 0 Å². The van der Waals surface area contributed by atoms with Gasteiger partial charge in [0.25, 0.3) is 0 Å². The van der Waals surface area contributed by atoms with E-state index in [1.165, 1.54) is 12.1 Å². The molecule has 3 nitrogen and oxygen atoms in total. The summed E-state index contributed by atoms with van der Waals surface area (Å²) in [5.74, 6) is -0.585. The zero-order valence-electron chi connectivity index (χ0n) is 11.0. The van der Waals surface area contributed by atoms with Crippen LogP contribution in [0.25, 0.3) is 0 Å². The molecular formula is C16H16FNO2. The fourth-order valence-electron chi connectivity index (χ4n) is 1.81. The molecule has 0 radical (unpaired) electrons. The lowest BCUT2D eigenvalue weighted by Crippen LogP contribution is -2.06. The third-order valence-corrected chi connectivity index (χ3v) is 2.88. The zero-order valence-corrected chi connectivity index (χ0v) is 11.0. The van der Waals surface area contributed by atoms with Gasteiger partial charge in [-0.15, -0.1) is 0 Å². The second kappa shape index (κ2) is 6.70. The maximum Gasteiger partial charge on any atom is 0.306 e. The number of nitrogens with two attached hydrogens (primary N) is 1. The number of carbonyl (C=O) groups excluding carboxylic acids is 1. The van der Waals surface area contributed by atoms with Crippen LogP contribution in [-0.4, -0.2) is 5.97 Å². The average Bonchev–Trinajstić information content (AvgIpc) is 2.45. The molecule has 0 atom stereocenters. The highest BCUT2D eigenvalue weighted by molar-refractivity contribution is 5.69. The van der Waals surface area contributed by atoms with Crippen LogP contribution in [0.2, 0.25) is 0 Å². The normalized spacial score (nSPS) is 10.2. The molecule has 0 aromatic heterocycles. The van der Waals surface area contributed by atoms with Crippen LogP contribution in [0.15, 0.2) is 48.5 Å². The first-order valence-electron chi connectivity index (χ1n) is 6.38. The van der Waals surface area contributed by atoms with E-state index < -0.39 is 0 Å². The van der Waals surface area contributed by atoms with Crippen LogP contribution < -0.4 is 5.73 Å². The van der Waals surface area contributed by atoms with Crippen molar-refractivity contribution < 1.29 is 13.9 Å². The lowest BCUT2D eigenvalue weighted by Gasteiger charge is -2.05. The van der Waals surface area contributed by atoms with Crippen LogP contribution in [0.1, 0.15) is 17.5 Å². The molecule has 4 heteroatoms. The first-order valence-corrected chi connectivity index (χ1v) is 6.38. The second-order valence-corrected chi connectivity index (χ2v) is 4.53. The fraction of sp³-hybridized carbons (Fsp3) is 0.188. The molecule has 0 heterocycles. The van der Waals surface area contributed by atoms with E-state index in [9.17, 15) is 9.18 Å². The quantitative estimate of drug-likeness (QED) is 0.672. The number of anilines is 1. The van der Waals surface area contributed by atoms with Crippen molar-refractivity contribution >= 4 is 11.7 Å². The highest BCUT2D eigenvalue weighted by atomic mass is 19.1. The van der Waals surface area contributed by atoms with Crippen molar-refractivity contribution in [3.05, 3.63) is 65.5 Å². The van der Waals surface area contributed by atoms with Gasteiger partial charge >= 0.3 is 5.97 Å². The molecule has 2 rings (SSSR count). The number of nitrogen functional groups attached to an aromatic ring is 1. The topological polar surface area (TPSA) is 52.3 Å². The first-order chi connectivity index (χ1) is 9.63. The summed E-state index contributed by atoms with van der Waals surface area (Å²) < 4.78 is 17.8. The minimum absolute atomic E-state index is 0.163. The number of esters is 1. The Morgan fingerprint density at radius 2 is 1.85 bits per heavy atom. The summed E-state index contributed by atoms with van der Waals surface area (Å²) >= 11 is 0. The van der Waals surface area contributed by atoms with Gasteiger partial charge < -0.3 is 10.5 Å². The molecule has 104 valence electrons. The molecule has 0 fully saturated rings. The number of ether oxygens (including phenoxy) is 1. The summed E-state index contributed by atoms with van der Waals surface area (Å²) in [7, 11) is 0. The number of benzene rings is 2. The van der Waals surface area contributed by atoms with Gasteiger partial charge in [-0.05, 0) is 41.8 Å². The Balaban J connectivity index is 1.77. The Bertz CT molecular complexity index is 581. The number of aryl methyl sites for hydroxylation is 1. The number of hydrogen-bond donors (Lipinski definition) is 1. The van der Waals surface area contributed by atoms with E-state index in [1.54, 1.807) is 18.2 Å². The molecule has 20 heavy (non-hydrogen) atoms. The maximum atomic E-state index is 12.7. The Labute approximate surface area is 117 Å². The summed E-state index contributed by atoms with van der Waals surface area (Å²) in [5.41, 5.74) is 8.12. The Hall–Kier alpha value is -2.36. The Morgan fingerprint density at radius 3 is 2.55 bits per heavy atom. The molecule has 0 aliphatic rings. The van der Waals surface area contributed by atoms with Gasteiger partial charge in [0.2, 0.25) is 0 Å². The standard InChI is InChI=1S/C16H16FNO2/c17-14-7-4-13(5-8-14)11-20-16(19)9-6-12-2-1-3-15(18)10-12/h1-5,7-8,10H,6,9,11,18H2. The number of carbonyl (C=O) groups is 1. The van der Waals surface area contributed by atoms with Crippen LogP contribution in [0.4, 0.5) is 10.1 Å². The Kier molecular flexibility index (Phi) is 4.71. The fourth-order valence-corrected chi connectivity index (χ4v) is 1.81. The van der Waals surface area contributed by atoms with Gasteiger partial charge in [0.15, 0.2) is 0 Å². The van der Waals surface area contributed by atoms with E-state index >= 15 is 0 Å². The summed E-state index contributed by atoms with van der Waals surface area (Å²) in [5, 5.41) is 0. The second-order valence-electron chi connectivity index (χ2n) is 4.53. The molecule has 2 aromatic carbocycles. The summed E-state index contributed by atoms with van der Waals surface area (Å²) in [4.78, 5) is 11.6. The van der Waals surface area contributed by atoms with E-state index in [0.29, 0.717) is 18.5 Å². The first kappa shape index (κ1) is 14.1. The lowest BCUT2D eigenvalue weighted by atomic mass is 10.1. The molecule has 2 aromatic rings. The third-order valence-electron chi connectivity index (χ3n) is 2.88. The Morgan fingerprint density at radius 1 is 1.10 bits per heavy atom. The monoisotopic (exact) mass is 273 g/mol. The van der Waals surface area contributed by atoms with Gasteiger partial charge in [-0.25, -0.2) is 4.39 Å². The summed E-state index contributed by atoms with van der Waals surface area (Å²) in [6.07, 6.45) is 0.887. The molecule has 0 aliphatic carbocycles. The van der Waals surface area contributed by atoms with Crippen molar-refractivity contribution in [1.29, 1.82) is 0 Å². The van der Waals surface area contributed by atoms with Gasteiger partial charge in [-0.1, -0.05) is 24.3 Å². The van der Waals surface area contributed by atoms with E-state index in [0.717, 1.165) is 11.1 Å². The molecule has 0 bridgehead atoms. The van der Waals surface area contributed by atoms with Crippen LogP contribution in [0.3, 0.4) is 0 Å². The predicted molar refractivity (Wildman–Crippen MR) is 75.4 cm³/mol. The molecule has 0 spiro atoms. The van der Waals surface area contributed by atoms with Crippen LogP contribution in [0, 0.1) is 5.82 Å². The highest BCUT2D eigenvalue weighted by Crippen LogP contribution is 2.10. The van der Waals surface area contributed by atoms with Crippen LogP contribution >= 0.6 is 0 Å². The molecule has 0 saturated carbocycles. The van der Waals surface area contributed by atoms with E-state index in [-0.39, 0.29) is 18.4 Å². The van der Waals surface area contributed by atoms with Gasteiger partial charge in [0.1, 0.15) is 12.4 Å². The molecule has 0 aliphatic heterocycles.